The Bertz CT molecular complexity index is 319. The van der Waals surface area contributed by atoms with Crippen molar-refractivity contribution in [2.45, 2.75) is 26.4 Å². The molecule has 1 aromatic heterocycles. The highest BCUT2D eigenvalue weighted by Gasteiger charge is 2.40. The third-order valence-electron chi connectivity index (χ3n) is 3.14. The lowest BCUT2D eigenvalue weighted by molar-refractivity contribution is 0.140. The number of aryl methyl sites for hydroxylation is 1. The van der Waals surface area contributed by atoms with E-state index in [-0.39, 0.29) is 6.10 Å². The van der Waals surface area contributed by atoms with Gasteiger partial charge in [0, 0.05) is 7.05 Å². The van der Waals surface area contributed by atoms with Crippen LogP contribution in [0.15, 0.2) is 6.20 Å². The molecule has 3 unspecified atom stereocenters. The maximum absolute atomic E-state index is 9.96. The largest absolute Gasteiger partial charge is 0.387 e. The van der Waals surface area contributed by atoms with Crippen molar-refractivity contribution in [2.24, 2.45) is 18.9 Å². The second-order valence-electron chi connectivity index (χ2n) is 4.11. The Morgan fingerprint density at radius 3 is 2.69 bits per heavy atom. The average molecular weight is 180 g/mol. The van der Waals surface area contributed by atoms with Crippen molar-refractivity contribution in [3.05, 3.63) is 17.7 Å². The van der Waals surface area contributed by atoms with Gasteiger partial charge in [-0.05, 0) is 25.2 Å². The first-order valence-electron chi connectivity index (χ1n) is 4.77. The summed E-state index contributed by atoms with van der Waals surface area (Å²) in [5.41, 5.74) is 0.951. The van der Waals surface area contributed by atoms with Gasteiger partial charge in [0.2, 0.25) is 0 Å². The molecule has 3 atom stereocenters. The Morgan fingerprint density at radius 2 is 2.31 bits per heavy atom. The van der Waals surface area contributed by atoms with E-state index >= 15 is 0 Å². The lowest BCUT2D eigenvalue weighted by atomic mass is 10.1. The van der Waals surface area contributed by atoms with E-state index in [0.717, 1.165) is 17.9 Å². The zero-order chi connectivity index (χ0) is 9.59. The van der Waals surface area contributed by atoms with Crippen molar-refractivity contribution < 1.29 is 5.11 Å². The van der Waals surface area contributed by atoms with Gasteiger partial charge in [0.1, 0.15) is 5.82 Å². The fourth-order valence-corrected chi connectivity index (χ4v) is 1.80. The van der Waals surface area contributed by atoms with E-state index in [0.29, 0.717) is 11.8 Å². The number of hydrogen-bond acceptors (Lipinski definition) is 2. The van der Waals surface area contributed by atoms with E-state index in [9.17, 15) is 5.11 Å². The predicted octanol–water partition coefficient (Wildman–Crippen LogP) is 1.42. The van der Waals surface area contributed by atoms with Crippen LogP contribution in [0.4, 0.5) is 0 Å². The van der Waals surface area contributed by atoms with Crippen molar-refractivity contribution in [3.63, 3.8) is 0 Å². The Morgan fingerprint density at radius 1 is 1.69 bits per heavy atom. The van der Waals surface area contributed by atoms with Gasteiger partial charge in [0.05, 0.1) is 18.0 Å². The van der Waals surface area contributed by atoms with Gasteiger partial charge in [-0.25, -0.2) is 4.98 Å². The fraction of sp³-hybridized carbons (Fsp3) is 0.700. The third kappa shape index (κ3) is 1.37. The van der Waals surface area contributed by atoms with Crippen molar-refractivity contribution >= 4 is 0 Å². The molecule has 3 heteroatoms. The number of hydrogen-bond donors (Lipinski definition) is 1. The molecule has 1 aromatic rings. The molecule has 0 spiro atoms. The van der Waals surface area contributed by atoms with Crippen LogP contribution in [-0.2, 0) is 7.05 Å². The van der Waals surface area contributed by atoms with Crippen molar-refractivity contribution in [1.82, 2.24) is 9.55 Å². The molecule has 1 saturated carbocycles. The van der Waals surface area contributed by atoms with Crippen molar-refractivity contribution in [3.8, 4) is 0 Å². The zero-order valence-electron chi connectivity index (χ0n) is 8.36. The number of rotatable bonds is 2. The average Bonchev–Trinajstić information content (AvgIpc) is 2.73. The number of aliphatic hydroxyl groups excluding tert-OH is 1. The van der Waals surface area contributed by atoms with Crippen LogP contribution in [-0.4, -0.2) is 14.7 Å². The topological polar surface area (TPSA) is 38.1 Å². The van der Waals surface area contributed by atoms with E-state index < -0.39 is 0 Å². The van der Waals surface area contributed by atoms with E-state index in [1.165, 1.54) is 0 Å². The lowest BCUT2D eigenvalue weighted by Gasteiger charge is -2.10. The first-order chi connectivity index (χ1) is 6.11. The molecule has 72 valence electrons. The van der Waals surface area contributed by atoms with E-state index in [2.05, 4.69) is 11.9 Å². The van der Waals surface area contributed by atoms with E-state index in [4.69, 9.17) is 0 Å². The first-order valence-corrected chi connectivity index (χ1v) is 4.77. The number of aromatic nitrogens is 2. The van der Waals surface area contributed by atoms with Gasteiger partial charge in [-0.1, -0.05) is 6.92 Å². The highest BCUT2D eigenvalue weighted by molar-refractivity contribution is 5.11. The van der Waals surface area contributed by atoms with Crippen LogP contribution in [0.5, 0.6) is 0 Å². The van der Waals surface area contributed by atoms with Gasteiger partial charge in [0.25, 0.3) is 0 Å². The summed E-state index contributed by atoms with van der Waals surface area (Å²) in [5, 5.41) is 9.96. The summed E-state index contributed by atoms with van der Waals surface area (Å²) >= 11 is 0. The lowest BCUT2D eigenvalue weighted by Crippen LogP contribution is -2.07. The SMILES string of the molecule is Cc1ncc(C(O)C2CC2C)n1C. The maximum atomic E-state index is 9.96. The Labute approximate surface area is 78.4 Å². The third-order valence-corrected chi connectivity index (χ3v) is 3.14. The smallest absolute Gasteiger partial charge is 0.105 e. The number of aliphatic hydroxyl groups is 1. The molecular formula is C10H16N2O. The van der Waals surface area contributed by atoms with Gasteiger partial charge in [-0.3, -0.25) is 0 Å². The van der Waals surface area contributed by atoms with Crippen LogP contribution in [0.3, 0.4) is 0 Å². The molecule has 2 rings (SSSR count). The van der Waals surface area contributed by atoms with Gasteiger partial charge in [-0.15, -0.1) is 0 Å². The van der Waals surface area contributed by atoms with Gasteiger partial charge < -0.3 is 9.67 Å². The molecule has 13 heavy (non-hydrogen) atoms. The molecule has 3 nitrogen and oxygen atoms in total. The minimum absolute atomic E-state index is 0.318. The Kier molecular flexibility index (Phi) is 1.91. The molecule has 1 aliphatic rings. The second kappa shape index (κ2) is 2.84. The summed E-state index contributed by atoms with van der Waals surface area (Å²) in [5.74, 6) is 2.09. The highest BCUT2D eigenvalue weighted by Crippen LogP contribution is 2.46. The van der Waals surface area contributed by atoms with E-state index in [1.54, 1.807) is 6.20 Å². The summed E-state index contributed by atoms with van der Waals surface area (Å²) in [7, 11) is 1.95. The van der Waals surface area contributed by atoms with Crippen LogP contribution in [0, 0.1) is 18.8 Å². The predicted molar refractivity (Wildman–Crippen MR) is 50.2 cm³/mol. The Hall–Kier alpha value is -0.830. The second-order valence-corrected chi connectivity index (χ2v) is 4.11. The fourth-order valence-electron chi connectivity index (χ4n) is 1.80. The molecule has 0 aliphatic heterocycles. The summed E-state index contributed by atoms with van der Waals surface area (Å²) in [6, 6.07) is 0. The van der Waals surface area contributed by atoms with Crippen LogP contribution >= 0.6 is 0 Å². The molecule has 0 amide bonds. The van der Waals surface area contributed by atoms with Gasteiger partial charge >= 0.3 is 0 Å². The molecule has 1 fully saturated rings. The Balaban J connectivity index is 2.20. The standard InChI is InChI=1S/C10H16N2O/c1-6-4-8(6)10(13)9-5-11-7(2)12(9)3/h5-6,8,10,13H,4H2,1-3H3. The molecular weight excluding hydrogens is 164 g/mol. The van der Waals surface area contributed by atoms with Crippen LogP contribution in [0.25, 0.3) is 0 Å². The first kappa shape index (κ1) is 8.75. The quantitative estimate of drug-likeness (QED) is 0.747. The van der Waals surface area contributed by atoms with Crippen LogP contribution < -0.4 is 0 Å². The number of imidazole rings is 1. The summed E-state index contributed by atoms with van der Waals surface area (Å²) < 4.78 is 1.97. The molecule has 0 saturated heterocycles. The monoisotopic (exact) mass is 180 g/mol. The van der Waals surface area contributed by atoms with Gasteiger partial charge in [-0.2, -0.15) is 0 Å². The molecule has 1 aliphatic carbocycles. The minimum atomic E-state index is -0.318. The zero-order valence-corrected chi connectivity index (χ0v) is 8.36. The van der Waals surface area contributed by atoms with Crippen molar-refractivity contribution in [1.29, 1.82) is 0 Å². The summed E-state index contributed by atoms with van der Waals surface area (Å²) in [6.07, 6.45) is 2.61. The van der Waals surface area contributed by atoms with Gasteiger partial charge in [0.15, 0.2) is 0 Å². The van der Waals surface area contributed by atoms with Crippen molar-refractivity contribution in [2.75, 3.05) is 0 Å². The highest BCUT2D eigenvalue weighted by atomic mass is 16.3. The van der Waals surface area contributed by atoms with Crippen LogP contribution in [0.2, 0.25) is 0 Å². The van der Waals surface area contributed by atoms with Crippen LogP contribution in [0.1, 0.15) is 31.0 Å². The van der Waals surface area contributed by atoms with E-state index in [1.807, 2.05) is 18.5 Å². The molecule has 1 N–H and O–H groups in total. The molecule has 0 bridgehead atoms. The number of nitrogens with zero attached hydrogens (tertiary/aromatic N) is 2. The summed E-state index contributed by atoms with van der Waals surface area (Å²) in [6.45, 7) is 4.13. The molecule has 0 aromatic carbocycles. The minimum Gasteiger partial charge on any atom is -0.387 e. The molecule has 0 radical (unpaired) electrons. The summed E-state index contributed by atoms with van der Waals surface area (Å²) in [4.78, 5) is 4.18. The maximum Gasteiger partial charge on any atom is 0.105 e. The molecule has 1 heterocycles. The normalized spacial score (nSPS) is 28.9.